The zero-order valence-electron chi connectivity index (χ0n) is 11.2. The standard InChI is InChI=1S/C15H11ClN2S3/c1-8-4-5-11(21-8)14-17-13(16)12-9(7-20-15(12)18-14)10-3-2-6-19-10/h2-4,6-7,11H,5H2,1H3. The number of halogens is 1. The minimum Gasteiger partial charge on any atom is -0.221 e. The molecule has 2 nitrogen and oxygen atoms in total. The molecule has 1 aliphatic rings. The first-order chi connectivity index (χ1) is 10.2. The van der Waals surface area contributed by atoms with E-state index in [9.17, 15) is 0 Å². The molecule has 6 heteroatoms. The number of rotatable bonds is 2. The first-order valence-electron chi connectivity index (χ1n) is 6.54. The Morgan fingerprint density at radius 3 is 2.90 bits per heavy atom. The molecule has 1 atom stereocenters. The molecule has 0 bridgehead atoms. The molecule has 21 heavy (non-hydrogen) atoms. The SMILES string of the molecule is CC1=CCC(c2nc(Cl)c3c(-c4cccs4)csc3n2)S1. The highest BCUT2D eigenvalue weighted by molar-refractivity contribution is 8.03. The fourth-order valence-electron chi connectivity index (χ4n) is 2.42. The van der Waals surface area contributed by atoms with Crippen LogP contribution in [0.3, 0.4) is 0 Å². The molecule has 0 aliphatic carbocycles. The first-order valence-corrected chi connectivity index (χ1v) is 9.56. The summed E-state index contributed by atoms with van der Waals surface area (Å²) in [5, 5.41) is 6.07. The van der Waals surface area contributed by atoms with E-state index in [1.807, 2.05) is 11.8 Å². The van der Waals surface area contributed by atoms with Crippen molar-refractivity contribution in [1.29, 1.82) is 0 Å². The minimum absolute atomic E-state index is 0.305. The van der Waals surface area contributed by atoms with Gasteiger partial charge in [0.15, 0.2) is 0 Å². The molecule has 1 unspecified atom stereocenters. The van der Waals surface area contributed by atoms with Crippen LogP contribution in [-0.4, -0.2) is 9.97 Å². The fourth-order valence-corrected chi connectivity index (χ4v) is 5.57. The molecule has 0 radical (unpaired) electrons. The summed E-state index contributed by atoms with van der Waals surface area (Å²) in [6, 6.07) is 4.16. The number of nitrogens with zero attached hydrogens (tertiary/aromatic N) is 2. The number of allylic oxidation sites excluding steroid dienone is 2. The maximum Gasteiger partial charge on any atom is 0.145 e. The summed E-state index contributed by atoms with van der Waals surface area (Å²) in [7, 11) is 0. The van der Waals surface area contributed by atoms with Crippen LogP contribution in [0.4, 0.5) is 0 Å². The lowest BCUT2D eigenvalue weighted by Crippen LogP contribution is -1.98. The Labute approximate surface area is 139 Å². The summed E-state index contributed by atoms with van der Waals surface area (Å²) in [6.45, 7) is 2.13. The third kappa shape index (κ3) is 2.42. The second-order valence-electron chi connectivity index (χ2n) is 4.84. The molecule has 1 aliphatic heterocycles. The van der Waals surface area contributed by atoms with Gasteiger partial charge < -0.3 is 0 Å². The molecular weight excluding hydrogens is 340 g/mol. The third-order valence-electron chi connectivity index (χ3n) is 3.43. The van der Waals surface area contributed by atoms with Crippen molar-refractivity contribution >= 4 is 56.3 Å². The molecule has 0 aromatic carbocycles. The second-order valence-corrected chi connectivity index (χ2v) is 8.45. The Morgan fingerprint density at radius 2 is 2.19 bits per heavy atom. The van der Waals surface area contributed by atoms with Crippen LogP contribution in [0.1, 0.15) is 24.4 Å². The van der Waals surface area contributed by atoms with Crippen molar-refractivity contribution < 1.29 is 0 Å². The molecule has 106 valence electrons. The Kier molecular flexibility index (Phi) is 3.53. The summed E-state index contributed by atoms with van der Waals surface area (Å²) in [6.07, 6.45) is 3.23. The number of hydrogen-bond acceptors (Lipinski definition) is 5. The van der Waals surface area contributed by atoms with Gasteiger partial charge in [-0.1, -0.05) is 23.7 Å². The van der Waals surface area contributed by atoms with Crippen LogP contribution in [0.15, 0.2) is 33.9 Å². The zero-order valence-corrected chi connectivity index (χ0v) is 14.4. The van der Waals surface area contributed by atoms with Gasteiger partial charge >= 0.3 is 0 Å². The zero-order chi connectivity index (χ0) is 14.4. The molecule has 0 N–H and O–H groups in total. The Morgan fingerprint density at radius 1 is 1.29 bits per heavy atom. The van der Waals surface area contributed by atoms with Crippen molar-refractivity contribution in [3.05, 3.63) is 44.9 Å². The highest BCUT2D eigenvalue weighted by atomic mass is 35.5. The van der Waals surface area contributed by atoms with E-state index in [-0.39, 0.29) is 0 Å². The van der Waals surface area contributed by atoms with Gasteiger partial charge in [0.25, 0.3) is 0 Å². The summed E-state index contributed by atoms with van der Waals surface area (Å²) in [5.41, 5.74) is 1.15. The van der Waals surface area contributed by atoms with Gasteiger partial charge in [0.05, 0.1) is 10.6 Å². The maximum atomic E-state index is 6.47. The highest BCUT2D eigenvalue weighted by Crippen LogP contribution is 2.44. The number of hydrogen-bond donors (Lipinski definition) is 0. The van der Waals surface area contributed by atoms with Gasteiger partial charge in [-0.25, -0.2) is 9.97 Å². The van der Waals surface area contributed by atoms with E-state index < -0.39 is 0 Å². The largest absolute Gasteiger partial charge is 0.221 e. The summed E-state index contributed by atoms with van der Waals surface area (Å²) in [5.74, 6) is 0.852. The lowest BCUT2D eigenvalue weighted by molar-refractivity contribution is 0.884. The second kappa shape index (κ2) is 5.39. The number of thioether (sulfide) groups is 1. The van der Waals surface area contributed by atoms with Crippen molar-refractivity contribution in [3.8, 4) is 10.4 Å². The molecule has 3 aromatic rings. The normalized spacial score (nSPS) is 18.4. The van der Waals surface area contributed by atoms with E-state index in [0.717, 1.165) is 28.0 Å². The van der Waals surface area contributed by atoms with Gasteiger partial charge in [-0.05, 0) is 29.7 Å². The smallest absolute Gasteiger partial charge is 0.145 e. The Balaban J connectivity index is 1.82. The van der Waals surface area contributed by atoms with Crippen LogP contribution in [0.25, 0.3) is 20.7 Å². The molecule has 0 spiro atoms. The number of fused-ring (bicyclic) bond motifs is 1. The highest BCUT2D eigenvalue weighted by Gasteiger charge is 2.23. The molecule has 4 rings (SSSR count). The molecule has 3 aromatic heterocycles. The summed E-state index contributed by atoms with van der Waals surface area (Å²) < 4.78 is 0. The van der Waals surface area contributed by atoms with E-state index >= 15 is 0 Å². The van der Waals surface area contributed by atoms with Crippen molar-refractivity contribution in [2.75, 3.05) is 0 Å². The molecule has 0 saturated heterocycles. The van der Waals surface area contributed by atoms with Gasteiger partial charge in [0, 0.05) is 15.8 Å². The third-order valence-corrected chi connectivity index (χ3v) is 6.70. The van der Waals surface area contributed by atoms with Crippen LogP contribution in [0.5, 0.6) is 0 Å². The molecular formula is C15H11ClN2S3. The number of aromatic nitrogens is 2. The molecule has 0 amide bonds. The lowest BCUT2D eigenvalue weighted by Gasteiger charge is -2.08. The maximum absolute atomic E-state index is 6.47. The van der Waals surface area contributed by atoms with E-state index in [1.165, 1.54) is 9.78 Å². The van der Waals surface area contributed by atoms with E-state index in [4.69, 9.17) is 16.6 Å². The lowest BCUT2D eigenvalue weighted by atomic mass is 10.2. The first kappa shape index (κ1) is 13.8. The Hall–Kier alpha value is -0.880. The van der Waals surface area contributed by atoms with E-state index in [0.29, 0.717) is 10.4 Å². The number of thiophene rings is 2. The van der Waals surface area contributed by atoms with Gasteiger partial charge in [0.1, 0.15) is 15.8 Å². The van der Waals surface area contributed by atoms with Crippen molar-refractivity contribution in [1.82, 2.24) is 9.97 Å². The minimum atomic E-state index is 0.305. The fraction of sp³-hybridized carbons (Fsp3) is 0.200. The molecule has 0 saturated carbocycles. The average Bonchev–Trinajstić information content (AvgIpc) is 3.16. The van der Waals surface area contributed by atoms with E-state index in [2.05, 4.69) is 40.9 Å². The van der Waals surface area contributed by atoms with Gasteiger partial charge in [-0.3, -0.25) is 0 Å². The van der Waals surface area contributed by atoms with Gasteiger partial charge in [-0.2, -0.15) is 0 Å². The summed E-state index contributed by atoms with van der Waals surface area (Å²) in [4.78, 5) is 12.9. The van der Waals surface area contributed by atoms with Crippen molar-refractivity contribution in [3.63, 3.8) is 0 Å². The predicted octanol–water partition coefficient (Wildman–Crippen LogP) is 6.16. The van der Waals surface area contributed by atoms with E-state index in [1.54, 1.807) is 22.7 Å². The summed E-state index contributed by atoms with van der Waals surface area (Å²) >= 11 is 11.7. The van der Waals surface area contributed by atoms with Gasteiger partial charge in [0.2, 0.25) is 0 Å². The molecule has 4 heterocycles. The van der Waals surface area contributed by atoms with Crippen molar-refractivity contribution in [2.24, 2.45) is 0 Å². The quantitative estimate of drug-likeness (QED) is 0.518. The van der Waals surface area contributed by atoms with Crippen molar-refractivity contribution in [2.45, 2.75) is 18.6 Å². The van der Waals surface area contributed by atoms with Crippen LogP contribution >= 0.6 is 46.0 Å². The van der Waals surface area contributed by atoms with Crippen LogP contribution in [0, 0.1) is 0 Å². The topological polar surface area (TPSA) is 25.8 Å². The van der Waals surface area contributed by atoms with Crippen LogP contribution in [0.2, 0.25) is 5.15 Å². The monoisotopic (exact) mass is 350 g/mol. The Bertz CT molecular complexity index is 836. The predicted molar refractivity (Wildman–Crippen MR) is 94.4 cm³/mol. The van der Waals surface area contributed by atoms with Crippen LogP contribution in [-0.2, 0) is 0 Å². The molecule has 0 fully saturated rings. The van der Waals surface area contributed by atoms with Gasteiger partial charge in [-0.15, -0.1) is 34.4 Å². The average molecular weight is 351 g/mol. The van der Waals surface area contributed by atoms with Crippen LogP contribution < -0.4 is 0 Å².